The molecule has 2 aromatic rings. The van der Waals surface area contributed by atoms with Gasteiger partial charge in [-0.15, -0.1) is 0 Å². The van der Waals surface area contributed by atoms with Crippen molar-refractivity contribution in [2.24, 2.45) is 5.92 Å². The monoisotopic (exact) mass is 407 g/mol. The highest BCUT2D eigenvalue weighted by molar-refractivity contribution is 5.80. The van der Waals surface area contributed by atoms with Crippen molar-refractivity contribution in [2.45, 2.75) is 31.9 Å². The number of hydrogen-bond acceptors (Lipinski definition) is 5. The van der Waals surface area contributed by atoms with Crippen LogP contribution in [0.25, 0.3) is 0 Å². The van der Waals surface area contributed by atoms with Crippen LogP contribution in [0, 0.1) is 17.2 Å². The number of nitrogens with one attached hydrogen (secondary N) is 1. The fraction of sp³-hybridized carbons (Fsp3) is 0.417. The van der Waals surface area contributed by atoms with Crippen molar-refractivity contribution < 1.29 is 14.3 Å². The molecule has 0 spiro atoms. The summed E-state index contributed by atoms with van der Waals surface area (Å²) in [5, 5.41) is 12.3. The second-order valence-electron chi connectivity index (χ2n) is 7.71. The molecule has 0 bridgehead atoms. The number of methoxy groups -OCH3 is 1. The van der Waals surface area contributed by atoms with E-state index in [1.165, 1.54) is 5.56 Å². The number of benzene rings is 2. The van der Waals surface area contributed by atoms with Crippen LogP contribution in [0.3, 0.4) is 0 Å². The molecule has 3 atom stereocenters. The normalized spacial score (nSPS) is 20.1. The Balaban J connectivity index is 1.63. The fourth-order valence-corrected chi connectivity index (χ4v) is 4.08. The van der Waals surface area contributed by atoms with E-state index in [1.807, 2.05) is 12.1 Å². The zero-order chi connectivity index (χ0) is 21.5. The fourth-order valence-electron chi connectivity index (χ4n) is 4.08. The Labute approximate surface area is 178 Å². The van der Waals surface area contributed by atoms with Gasteiger partial charge in [-0.25, -0.2) is 0 Å². The van der Waals surface area contributed by atoms with Crippen LogP contribution in [0.15, 0.2) is 48.5 Å². The first-order valence-corrected chi connectivity index (χ1v) is 10.3. The van der Waals surface area contributed by atoms with E-state index in [0.717, 1.165) is 25.1 Å². The standard InChI is InChI=1S/C24H29N3O3/c1-17(30-22-9-5-4-7-19(22)15-25)24(28)26-16-20-8-6-14-27(2)23(20)18-10-12-21(29-3)13-11-18/h4-5,7,9-13,17,20,23H,6,8,14,16H2,1-3H3,(H,26,28). The highest BCUT2D eigenvalue weighted by Crippen LogP contribution is 2.35. The number of nitriles is 1. The molecule has 1 aliphatic heterocycles. The Morgan fingerprint density at radius 3 is 2.70 bits per heavy atom. The lowest BCUT2D eigenvalue weighted by Crippen LogP contribution is -2.44. The maximum atomic E-state index is 12.6. The van der Waals surface area contributed by atoms with Crippen LogP contribution in [-0.4, -0.2) is 44.2 Å². The molecule has 3 rings (SSSR count). The van der Waals surface area contributed by atoms with E-state index in [-0.39, 0.29) is 11.9 Å². The Bertz CT molecular complexity index is 891. The van der Waals surface area contributed by atoms with Crippen LogP contribution in [-0.2, 0) is 4.79 Å². The summed E-state index contributed by atoms with van der Waals surface area (Å²) < 4.78 is 11.0. The third-order valence-corrected chi connectivity index (χ3v) is 5.68. The van der Waals surface area contributed by atoms with Gasteiger partial charge in [-0.3, -0.25) is 9.69 Å². The maximum Gasteiger partial charge on any atom is 0.260 e. The topological polar surface area (TPSA) is 74.6 Å². The lowest BCUT2D eigenvalue weighted by molar-refractivity contribution is -0.127. The van der Waals surface area contributed by atoms with Crippen LogP contribution < -0.4 is 14.8 Å². The van der Waals surface area contributed by atoms with Crippen LogP contribution in [0.1, 0.15) is 36.9 Å². The van der Waals surface area contributed by atoms with Crippen molar-refractivity contribution in [3.05, 3.63) is 59.7 Å². The first-order valence-electron chi connectivity index (χ1n) is 10.3. The zero-order valence-electron chi connectivity index (χ0n) is 17.8. The summed E-state index contributed by atoms with van der Waals surface area (Å²) >= 11 is 0. The minimum atomic E-state index is -0.680. The Morgan fingerprint density at radius 2 is 2.00 bits per heavy atom. The van der Waals surface area contributed by atoms with Gasteiger partial charge in [0, 0.05) is 12.6 Å². The molecule has 1 aliphatic rings. The first-order chi connectivity index (χ1) is 14.5. The zero-order valence-corrected chi connectivity index (χ0v) is 17.8. The Hall–Kier alpha value is -3.04. The summed E-state index contributed by atoms with van der Waals surface area (Å²) in [6.07, 6.45) is 1.47. The van der Waals surface area contributed by atoms with Gasteiger partial charge in [-0.1, -0.05) is 24.3 Å². The molecule has 1 heterocycles. The summed E-state index contributed by atoms with van der Waals surface area (Å²) in [4.78, 5) is 15.0. The maximum absolute atomic E-state index is 12.6. The van der Waals surface area contributed by atoms with Crippen LogP contribution >= 0.6 is 0 Å². The second kappa shape index (κ2) is 10.1. The molecule has 2 aromatic carbocycles. The predicted octanol–water partition coefficient (Wildman–Crippen LogP) is 3.53. The van der Waals surface area contributed by atoms with Gasteiger partial charge in [0.1, 0.15) is 17.6 Å². The molecule has 1 fully saturated rings. The van der Waals surface area contributed by atoms with Gasteiger partial charge in [0.25, 0.3) is 5.91 Å². The number of carbonyl (C=O) groups excluding carboxylic acids is 1. The molecule has 1 N–H and O–H groups in total. The van der Waals surface area contributed by atoms with Gasteiger partial charge in [0.05, 0.1) is 12.7 Å². The molecule has 0 radical (unpaired) electrons. The SMILES string of the molecule is COc1ccc(C2C(CNC(=O)C(C)Oc3ccccc3C#N)CCCN2C)cc1. The van der Waals surface area contributed by atoms with E-state index in [9.17, 15) is 10.1 Å². The van der Waals surface area contributed by atoms with Gasteiger partial charge in [0.2, 0.25) is 0 Å². The quantitative estimate of drug-likeness (QED) is 0.760. The van der Waals surface area contributed by atoms with E-state index in [1.54, 1.807) is 38.3 Å². The minimum absolute atomic E-state index is 0.176. The van der Waals surface area contributed by atoms with Gasteiger partial charge < -0.3 is 14.8 Å². The molecule has 0 aliphatic carbocycles. The molecule has 1 amide bonds. The van der Waals surface area contributed by atoms with E-state index in [0.29, 0.717) is 23.8 Å². The third kappa shape index (κ3) is 5.11. The molecule has 30 heavy (non-hydrogen) atoms. The first kappa shape index (κ1) is 21.7. The van der Waals surface area contributed by atoms with Crippen molar-refractivity contribution in [3.63, 3.8) is 0 Å². The summed E-state index contributed by atoms with van der Waals surface area (Å²) in [6, 6.07) is 17.4. The molecular weight excluding hydrogens is 378 g/mol. The number of para-hydroxylation sites is 1. The Morgan fingerprint density at radius 1 is 1.27 bits per heavy atom. The van der Waals surface area contributed by atoms with Crippen molar-refractivity contribution >= 4 is 5.91 Å². The molecule has 6 heteroatoms. The highest BCUT2D eigenvalue weighted by Gasteiger charge is 2.31. The lowest BCUT2D eigenvalue weighted by Gasteiger charge is -2.39. The molecule has 158 valence electrons. The highest BCUT2D eigenvalue weighted by atomic mass is 16.5. The average Bonchev–Trinajstić information content (AvgIpc) is 2.78. The Kier molecular flexibility index (Phi) is 7.31. The smallest absolute Gasteiger partial charge is 0.260 e. The number of carbonyl (C=O) groups is 1. The number of amides is 1. The van der Waals surface area contributed by atoms with E-state index in [4.69, 9.17) is 9.47 Å². The molecule has 0 saturated carbocycles. The number of ether oxygens (including phenoxy) is 2. The van der Waals surface area contributed by atoms with Crippen molar-refractivity contribution in [1.29, 1.82) is 5.26 Å². The van der Waals surface area contributed by atoms with Crippen LogP contribution in [0.2, 0.25) is 0 Å². The summed E-state index contributed by atoms with van der Waals surface area (Å²) in [5.74, 6) is 1.39. The van der Waals surface area contributed by atoms with Gasteiger partial charge >= 0.3 is 0 Å². The van der Waals surface area contributed by atoms with Crippen LogP contribution in [0.4, 0.5) is 0 Å². The third-order valence-electron chi connectivity index (χ3n) is 5.68. The molecule has 6 nitrogen and oxygen atoms in total. The number of piperidine rings is 1. The number of nitrogens with zero attached hydrogens (tertiary/aromatic N) is 2. The summed E-state index contributed by atoms with van der Waals surface area (Å²) in [5.41, 5.74) is 1.65. The number of rotatable bonds is 7. The van der Waals surface area contributed by atoms with Crippen molar-refractivity contribution in [2.75, 3.05) is 27.2 Å². The van der Waals surface area contributed by atoms with Crippen LogP contribution in [0.5, 0.6) is 11.5 Å². The second-order valence-corrected chi connectivity index (χ2v) is 7.71. The molecule has 0 aromatic heterocycles. The van der Waals surface area contributed by atoms with Crippen molar-refractivity contribution in [3.8, 4) is 17.6 Å². The van der Waals surface area contributed by atoms with Gasteiger partial charge in [-0.2, -0.15) is 5.26 Å². The van der Waals surface area contributed by atoms with Crippen molar-refractivity contribution in [1.82, 2.24) is 10.2 Å². The largest absolute Gasteiger partial charge is 0.497 e. The minimum Gasteiger partial charge on any atom is -0.497 e. The van der Waals surface area contributed by atoms with E-state index in [2.05, 4.69) is 35.5 Å². The predicted molar refractivity (Wildman–Crippen MR) is 115 cm³/mol. The van der Waals surface area contributed by atoms with Gasteiger partial charge in [0.15, 0.2) is 6.10 Å². The van der Waals surface area contributed by atoms with Gasteiger partial charge in [-0.05, 0) is 69.1 Å². The summed E-state index contributed by atoms with van der Waals surface area (Å²) in [6.45, 7) is 3.32. The molecule has 1 saturated heterocycles. The molecule has 3 unspecified atom stereocenters. The van der Waals surface area contributed by atoms with E-state index >= 15 is 0 Å². The van der Waals surface area contributed by atoms with E-state index < -0.39 is 6.10 Å². The summed E-state index contributed by atoms with van der Waals surface area (Å²) in [7, 11) is 3.80. The molecular formula is C24H29N3O3. The number of likely N-dealkylation sites (tertiary alicyclic amines) is 1. The average molecular weight is 408 g/mol. The lowest BCUT2D eigenvalue weighted by atomic mass is 9.85. The number of hydrogen-bond donors (Lipinski definition) is 1.